The van der Waals surface area contributed by atoms with Crippen LogP contribution in [0.5, 0.6) is 0 Å². The van der Waals surface area contributed by atoms with Crippen LogP contribution in [0.15, 0.2) is 0 Å². The van der Waals surface area contributed by atoms with Gasteiger partial charge in [-0.1, -0.05) is 0 Å². The fraction of sp³-hybridized carbons (Fsp3) is 0.889. The van der Waals surface area contributed by atoms with Gasteiger partial charge in [0, 0.05) is 5.92 Å². The second kappa shape index (κ2) is 3.60. The Bertz CT molecular complexity index is 198. The van der Waals surface area contributed by atoms with E-state index in [2.05, 4.69) is 4.74 Å². The monoisotopic (exact) mass is 192 g/mol. The molecule has 0 aliphatic heterocycles. The van der Waals surface area contributed by atoms with Crippen LogP contribution in [0.2, 0.25) is 0 Å². The van der Waals surface area contributed by atoms with E-state index in [9.17, 15) is 13.6 Å². The van der Waals surface area contributed by atoms with Crippen molar-refractivity contribution in [2.24, 2.45) is 11.8 Å². The molecule has 0 radical (unpaired) electrons. The van der Waals surface area contributed by atoms with Gasteiger partial charge >= 0.3 is 5.97 Å². The molecule has 0 saturated heterocycles. The third kappa shape index (κ3) is 2.39. The molecule has 0 unspecified atom stereocenters. The van der Waals surface area contributed by atoms with Gasteiger partial charge in [-0.25, -0.2) is 8.78 Å². The molecule has 13 heavy (non-hydrogen) atoms. The van der Waals surface area contributed by atoms with Crippen LogP contribution in [0.25, 0.3) is 0 Å². The molecule has 0 aromatic rings. The normalized spacial score (nSPS) is 28.9. The van der Waals surface area contributed by atoms with Crippen LogP contribution in [-0.4, -0.2) is 19.0 Å². The van der Waals surface area contributed by atoms with Crippen molar-refractivity contribution in [3.63, 3.8) is 0 Å². The molecule has 2 nitrogen and oxygen atoms in total. The quantitative estimate of drug-likeness (QED) is 0.627. The maximum Gasteiger partial charge on any atom is 0.308 e. The molecule has 0 aromatic heterocycles. The minimum absolute atomic E-state index is 0.260. The van der Waals surface area contributed by atoms with Gasteiger partial charge in [-0.3, -0.25) is 4.79 Å². The number of hydrogen-bond acceptors (Lipinski definition) is 2. The number of halogens is 2. The van der Waals surface area contributed by atoms with Crippen molar-refractivity contribution < 1.29 is 18.3 Å². The van der Waals surface area contributed by atoms with E-state index in [4.69, 9.17) is 0 Å². The Balaban J connectivity index is 2.50. The SMILES string of the molecule is COC(=O)[C@H]1CC[C@H](C(C)(F)F)C1. The van der Waals surface area contributed by atoms with Gasteiger partial charge in [-0.05, 0) is 26.2 Å². The van der Waals surface area contributed by atoms with Crippen LogP contribution >= 0.6 is 0 Å². The second-order valence-electron chi connectivity index (χ2n) is 3.69. The van der Waals surface area contributed by atoms with Crippen molar-refractivity contribution in [2.45, 2.75) is 32.1 Å². The van der Waals surface area contributed by atoms with E-state index in [1.165, 1.54) is 7.11 Å². The summed E-state index contributed by atoms with van der Waals surface area (Å²) in [6.45, 7) is 0.914. The number of esters is 1. The summed E-state index contributed by atoms with van der Waals surface area (Å²) in [7, 11) is 1.29. The van der Waals surface area contributed by atoms with Crippen LogP contribution in [-0.2, 0) is 9.53 Å². The van der Waals surface area contributed by atoms with Crippen LogP contribution in [0, 0.1) is 11.8 Å². The van der Waals surface area contributed by atoms with Crippen LogP contribution in [0.4, 0.5) is 8.78 Å². The highest BCUT2D eigenvalue weighted by Gasteiger charge is 2.42. The minimum Gasteiger partial charge on any atom is -0.469 e. The highest BCUT2D eigenvalue weighted by molar-refractivity contribution is 5.72. The molecule has 76 valence electrons. The Labute approximate surface area is 76.3 Å². The molecule has 0 N–H and O–H groups in total. The Hall–Kier alpha value is -0.670. The van der Waals surface area contributed by atoms with Gasteiger partial charge in [-0.15, -0.1) is 0 Å². The summed E-state index contributed by atoms with van der Waals surface area (Å²) < 4.78 is 30.1. The Morgan fingerprint density at radius 3 is 2.46 bits per heavy atom. The van der Waals surface area contributed by atoms with Crippen molar-refractivity contribution in [1.82, 2.24) is 0 Å². The summed E-state index contributed by atoms with van der Waals surface area (Å²) in [4.78, 5) is 11.0. The van der Waals surface area contributed by atoms with Gasteiger partial charge < -0.3 is 4.74 Å². The standard InChI is InChI=1S/C9H14F2O2/c1-9(10,11)7-4-3-6(5-7)8(12)13-2/h6-7H,3-5H2,1-2H3/t6-,7-/m0/s1. The molecule has 1 rings (SSSR count). The van der Waals surface area contributed by atoms with Gasteiger partial charge in [0.2, 0.25) is 5.92 Å². The minimum atomic E-state index is -2.66. The van der Waals surface area contributed by atoms with Crippen molar-refractivity contribution in [1.29, 1.82) is 0 Å². The number of ether oxygens (including phenoxy) is 1. The molecular formula is C9H14F2O2. The van der Waals surface area contributed by atoms with Crippen molar-refractivity contribution >= 4 is 5.97 Å². The zero-order valence-corrected chi connectivity index (χ0v) is 7.85. The van der Waals surface area contributed by atoms with E-state index < -0.39 is 11.8 Å². The fourth-order valence-electron chi connectivity index (χ4n) is 1.82. The summed E-state index contributed by atoms with van der Waals surface area (Å²) in [6, 6.07) is 0. The largest absolute Gasteiger partial charge is 0.469 e. The van der Waals surface area contributed by atoms with E-state index >= 15 is 0 Å². The fourth-order valence-corrected chi connectivity index (χ4v) is 1.82. The maximum atomic E-state index is 12.8. The summed E-state index contributed by atoms with van der Waals surface area (Å²) in [6.07, 6.45) is 1.21. The van der Waals surface area contributed by atoms with E-state index in [1.54, 1.807) is 0 Å². The van der Waals surface area contributed by atoms with Crippen molar-refractivity contribution in [2.75, 3.05) is 7.11 Å². The lowest BCUT2D eigenvalue weighted by atomic mass is 9.99. The maximum absolute atomic E-state index is 12.8. The highest BCUT2D eigenvalue weighted by atomic mass is 19.3. The highest BCUT2D eigenvalue weighted by Crippen LogP contribution is 2.40. The van der Waals surface area contributed by atoms with Gasteiger partial charge in [0.1, 0.15) is 0 Å². The molecule has 1 aliphatic rings. The number of alkyl halides is 2. The summed E-state index contributed by atoms with van der Waals surface area (Å²) in [5, 5.41) is 0. The first-order valence-electron chi connectivity index (χ1n) is 4.40. The third-order valence-electron chi connectivity index (χ3n) is 2.68. The number of methoxy groups -OCH3 is 1. The second-order valence-corrected chi connectivity index (χ2v) is 3.69. The van der Waals surface area contributed by atoms with Gasteiger partial charge in [-0.2, -0.15) is 0 Å². The molecule has 1 saturated carbocycles. The van der Waals surface area contributed by atoms with Gasteiger partial charge in [0.25, 0.3) is 0 Å². The summed E-state index contributed by atoms with van der Waals surface area (Å²) in [5.74, 6) is -3.99. The van der Waals surface area contributed by atoms with E-state index in [1.807, 2.05) is 0 Å². The van der Waals surface area contributed by atoms with Gasteiger partial charge in [0.15, 0.2) is 0 Å². The van der Waals surface area contributed by atoms with Crippen molar-refractivity contribution in [3.8, 4) is 0 Å². The molecule has 0 bridgehead atoms. The predicted molar refractivity (Wildman–Crippen MR) is 43.5 cm³/mol. The molecule has 1 fully saturated rings. The topological polar surface area (TPSA) is 26.3 Å². The Kier molecular flexibility index (Phi) is 2.88. The molecule has 0 heterocycles. The lowest BCUT2D eigenvalue weighted by Crippen LogP contribution is -2.23. The number of hydrogen-bond donors (Lipinski definition) is 0. The average molecular weight is 192 g/mol. The third-order valence-corrected chi connectivity index (χ3v) is 2.68. The zero-order valence-electron chi connectivity index (χ0n) is 7.85. The van der Waals surface area contributed by atoms with E-state index in [-0.39, 0.29) is 18.3 Å². The van der Waals surface area contributed by atoms with E-state index in [0.717, 1.165) is 6.92 Å². The molecule has 1 aliphatic carbocycles. The van der Waals surface area contributed by atoms with Crippen LogP contribution in [0.3, 0.4) is 0 Å². The Morgan fingerprint density at radius 2 is 2.08 bits per heavy atom. The smallest absolute Gasteiger partial charge is 0.308 e. The average Bonchev–Trinajstić information content (AvgIpc) is 2.50. The molecule has 0 amide bonds. The zero-order chi connectivity index (χ0) is 10.1. The lowest BCUT2D eigenvalue weighted by molar-refractivity contribution is -0.145. The van der Waals surface area contributed by atoms with Crippen LogP contribution in [0.1, 0.15) is 26.2 Å². The first-order chi connectivity index (χ1) is 5.95. The molecule has 0 spiro atoms. The number of rotatable bonds is 2. The molecule has 0 aromatic carbocycles. The van der Waals surface area contributed by atoms with E-state index in [0.29, 0.717) is 12.8 Å². The number of carbonyl (C=O) groups is 1. The first-order valence-corrected chi connectivity index (χ1v) is 4.40. The predicted octanol–water partition coefficient (Wildman–Crippen LogP) is 2.23. The molecule has 2 atom stereocenters. The first kappa shape index (κ1) is 10.4. The lowest BCUT2D eigenvalue weighted by Gasteiger charge is -2.17. The Morgan fingerprint density at radius 1 is 1.46 bits per heavy atom. The molecular weight excluding hydrogens is 178 g/mol. The van der Waals surface area contributed by atoms with Crippen molar-refractivity contribution in [3.05, 3.63) is 0 Å². The summed E-state index contributed by atoms with van der Waals surface area (Å²) in [5.41, 5.74) is 0. The van der Waals surface area contributed by atoms with Gasteiger partial charge in [0.05, 0.1) is 13.0 Å². The summed E-state index contributed by atoms with van der Waals surface area (Å²) >= 11 is 0. The molecule has 4 heteroatoms. The number of carbonyl (C=O) groups excluding carboxylic acids is 1. The van der Waals surface area contributed by atoms with Crippen LogP contribution < -0.4 is 0 Å².